The summed E-state index contributed by atoms with van der Waals surface area (Å²) in [6.45, 7) is 1.97. The summed E-state index contributed by atoms with van der Waals surface area (Å²) < 4.78 is 7.77. The summed E-state index contributed by atoms with van der Waals surface area (Å²) in [5, 5.41) is 4.41. The van der Waals surface area contributed by atoms with Crippen molar-refractivity contribution in [2.45, 2.75) is 13.0 Å². The molecule has 2 heterocycles. The van der Waals surface area contributed by atoms with E-state index >= 15 is 0 Å². The predicted octanol–water partition coefficient (Wildman–Crippen LogP) is 1.37. The number of thiophene rings is 1. The molecule has 25 heavy (non-hydrogen) atoms. The van der Waals surface area contributed by atoms with E-state index in [0.717, 1.165) is 25.3 Å². The Balaban J connectivity index is 0.00000182. The Hall–Kier alpha value is -1.91. The summed E-state index contributed by atoms with van der Waals surface area (Å²) in [6, 6.07) is 19.4. The standard InChI is InChI=1S/C21H20NOS.BrH/c1-23-19-8-6-16(7-9-19)14-22-12-10-17-4-2-3-5-20(17)21(22)18-11-13-24-15-18;/h2-9,11,13,15H,10,12,14H2,1H3;1H/q+1;/p-1. The van der Waals surface area contributed by atoms with E-state index in [2.05, 4.69) is 57.8 Å². The smallest absolute Gasteiger partial charge is 0.215 e. The Bertz CT molecular complexity index is 869. The molecule has 0 bridgehead atoms. The lowest BCUT2D eigenvalue weighted by atomic mass is 9.93. The van der Waals surface area contributed by atoms with Crippen LogP contribution >= 0.6 is 11.3 Å². The molecule has 1 aromatic heterocycles. The highest BCUT2D eigenvalue weighted by Gasteiger charge is 2.27. The van der Waals surface area contributed by atoms with Crippen molar-refractivity contribution in [2.24, 2.45) is 0 Å². The van der Waals surface area contributed by atoms with Crippen molar-refractivity contribution >= 4 is 17.0 Å². The highest BCUT2D eigenvalue weighted by atomic mass is 79.9. The molecule has 0 saturated carbocycles. The van der Waals surface area contributed by atoms with Crippen LogP contribution in [0.3, 0.4) is 0 Å². The molecule has 0 aliphatic carbocycles. The highest BCUT2D eigenvalue weighted by molar-refractivity contribution is 7.08. The zero-order valence-corrected chi connectivity index (χ0v) is 16.5. The van der Waals surface area contributed by atoms with Gasteiger partial charge in [0.25, 0.3) is 0 Å². The summed E-state index contributed by atoms with van der Waals surface area (Å²) in [4.78, 5) is 0. The Morgan fingerprint density at radius 1 is 1.04 bits per heavy atom. The van der Waals surface area contributed by atoms with Crippen LogP contribution in [0.4, 0.5) is 0 Å². The first-order valence-electron chi connectivity index (χ1n) is 8.21. The third-order valence-electron chi connectivity index (χ3n) is 4.57. The van der Waals surface area contributed by atoms with Gasteiger partial charge in [0.15, 0.2) is 6.54 Å². The minimum Gasteiger partial charge on any atom is -1.00 e. The van der Waals surface area contributed by atoms with Gasteiger partial charge in [-0.3, -0.25) is 0 Å². The zero-order valence-electron chi connectivity index (χ0n) is 14.1. The third-order valence-corrected chi connectivity index (χ3v) is 5.25. The van der Waals surface area contributed by atoms with E-state index in [1.54, 1.807) is 18.4 Å². The molecule has 4 heteroatoms. The van der Waals surface area contributed by atoms with Crippen molar-refractivity contribution in [3.8, 4) is 5.75 Å². The maximum absolute atomic E-state index is 5.27. The molecule has 4 rings (SSSR count). The number of ether oxygens (including phenoxy) is 1. The summed E-state index contributed by atoms with van der Waals surface area (Å²) in [7, 11) is 1.71. The molecule has 2 nitrogen and oxygen atoms in total. The molecule has 0 spiro atoms. The van der Waals surface area contributed by atoms with Crippen LogP contribution in [0.1, 0.15) is 22.3 Å². The van der Waals surface area contributed by atoms with Crippen molar-refractivity contribution in [1.82, 2.24) is 0 Å². The van der Waals surface area contributed by atoms with Gasteiger partial charge >= 0.3 is 0 Å². The minimum atomic E-state index is 0. The molecule has 0 radical (unpaired) electrons. The Morgan fingerprint density at radius 2 is 1.84 bits per heavy atom. The van der Waals surface area contributed by atoms with Crippen molar-refractivity contribution < 1.29 is 26.3 Å². The van der Waals surface area contributed by atoms with E-state index in [-0.39, 0.29) is 17.0 Å². The van der Waals surface area contributed by atoms with E-state index < -0.39 is 0 Å². The first-order valence-corrected chi connectivity index (χ1v) is 9.15. The number of fused-ring (bicyclic) bond motifs is 1. The number of nitrogens with zero attached hydrogens (tertiary/aromatic N) is 1. The van der Waals surface area contributed by atoms with Crippen LogP contribution in [-0.4, -0.2) is 23.9 Å². The fourth-order valence-electron chi connectivity index (χ4n) is 3.35. The number of methoxy groups -OCH3 is 1. The third kappa shape index (κ3) is 3.70. The van der Waals surface area contributed by atoms with Crippen LogP contribution in [0, 0.1) is 0 Å². The van der Waals surface area contributed by atoms with Crippen LogP contribution < -0.4 is 21.7 Å². The second-order valence-electron chi connectivity index (χ2n) is 6.04. The molecule has 3 aromatic rings. The SMILES string of the molecule is COc1ccc(C[N+]2=C(c3ccsc3)c3ccccc3CC2)cc1.[Br-]. The van der Waals surface area contributed by atoms with E-state index in [9.17, 15) is 0 Å². The van der Waals surface area contributed by atoms with Crippen LogP contribution in [0.5, 0.6) is 5.75 Å². The molecule has 128 valence electrons. The van der Waals surface area contributed by atoms with Crippen molar-refractivity contribution in [3.05, 3.63) is 87.6 Å². The fourth-order valence-corrected chi connectivity index (χ4v) is 3.99. The minimum absolute atomic E-state index is 0. The van der Waals surface area contributed by atoms with Gasteiger partial charge < -0.3 is 21.7 Å². The number of benzene rings is 2. The molecule has 0 atom stereocenters. The number of hydrogen-bond acceptors (Lipinski definition) is 2. The van der Waals surface area contributed by atoms with Gasteiger partial charge in [0.1, 0.15) is 12.3 Å². The molecular formula is C21H20BrNOS. The van der Waals surface area contributed by atoms with Crippen molar-refractivity contribution in [3.63, 3.8) is 0 Å². The first-order chi connectivity index (χ1) is 11.8. The summed E-state index contributed by atoms with van der Waals surface area (Å²) in [5.41, 5.74) is 6.80. The van der Waals surface area contributed by atoms with E-state index in [0.29, 0.717) is 0 Å². The van der Waals surface area contributed by atoms with Gasteiger partial charge in [0.05, 0.1) is 12.7 Å². The molecule has 1 aliphatic rings. The Kier molecular flexibility index (Phi) is 5.71. The highest BCUT2D eigenvalue weighted by Crippen LogP contribution is 2.23. The second-order valence-corrected chi connectivity index (χ2v) is 6.82. The maximum atomic E-state index is 5.27. The second kappa shape index (κ2) is 7.98. The van der Waals surface area contributed by atoms with E-state index in [4.69, 9.17) is 4.74 Å². The lowest BCUT2D eigenvalue weighted by molar-refractivity contribution is -0.544. The van der Waals surface area contributed by atoms with E-state index in [1.807, 2.05) is 12.1 Å². The molecule has 0 saturated heterocycles. The normalized spacial score (nSPS) is 13.2. The van der Waals surface area contributed by atoms with E-state index in [1.165, 1.54) is 28.0 Å². The average Bonchev–Trinajstić information content (AvgIpc) is 3.16. The lowest BCUT2D eigenvalue weighted by Gasteiger charge is -2.18. The molecule has 0 fully saturated rings. The molecular weight excluding hydrogens is 394 g/mol. The molecule has 1 aliphatic heterocycles. The average molecular weight is 414 g/mol. The van der Waals surface area contributed by atoms with Gasteiger partial charge in [-0.2, -0.15) is 11.3 Å². The van der Waals surface area contributed by atoms with Gasteiger partial charge in [-0.15, -0.1) is 0 Å². The molecule has 0 unspecified atom stereocenters. The van der Waals surface area contributed by atoms with Crippen LogP contribution in [-0.2, 0) is 13.0 Å². The monoisotopic (exact) mass is 413 g/mol. The van der Waals surface area contributed by atoms with Gasteiger partial charge in [0, 0.05) is 22.9 Å². The van der Waals surface area contributed by atoms with Crippen LogP contribution in [0.15, 0.2) is 65.4 Å². The lowest BCUT2D eigenvalue weighted by Crippen LogP contribution is -3.00. The van der Waals surface area contributed by atoms with Gasteiger partial charge in [0.2, 0.25) is 5.71 Å². The summed E-state index contributed by atoms with van der Waals surface area (Å²) >= 11 is 1.76. The Morgan fingerprint density at radius 3 is 2.56 bits per heavy atom. The first kappa shape index (κ1) is 17.9. The number of halogens is 1. The molecule has 0 amide bonds. The van der Waals surface area contributed by atoms with Gasteiger partial charge in [-0.1, -0.05) is 18.2 Å². The largest absolute Gasteiger partial charge is 1.00 e. The quantitative estimate of drug-likeness (QED) is 0.588. The van der Waals surface area contributed by atoms with Crippen molar-refractivity contribution in [2.75, 3.05) is 13.7 Å². The predicted molar refractivity (Wildman–Crippen MR) is 99.5 cm³/mol. The Labute approximate surface area is 163 Å². The summed E-state index contributed by atoms with van der Waals surface area (Å²) in [5.74, 6) is 0.907. The summed E-state index contributed by atoms with van der Waals surface area (Å²) in [6.07, 6.45) is 1.10. The van der Waals surface area contributed by atoms with Gasteiger partial charge in [-0.05, 0) is 47.3 Å². The molecule has 0 N–H and O–H groups in total. The molecule has 2 aromatic carbocycles. The van der Waals surface area contributed by atoms with Crippen molar-refractivity contribution in [1.29, 1.82) is 0 Å². The fraction of sp³-hybridized carbons (Fsp3) is 0.190. The zero-order chi connectivity index (χ0) is 16.4. The number of hydrogen-bond donors (Lipinski definition) is 0. The topological polar surface area (TPSA) is 12.2 Å². The number of rotatable bonds is 4. The van der Waals surface area contributed by atoms with Crippen LogP contribution in [0.25, 0.3) is 0 Å². The van der Waals surface area contributed by atoms with Crippen LogP contribution in [0.2, 0.25) is 0 Å². The maximum Gasteiger partial charge on any atom is 0.215 e. The van der Waals surface area contributed by atoms with Gasteiger partial charge in [-0.25, -0.2) is 4.58 Å².